The summed E-state index contributed by atoms with van der Waals surface area (Å²) in [5, 5.41) is 9.34. The number of hydrogen-bond donors (Lipinski definition) is 1. The van der Waals surface area contributed by atoms with Gasteiger partial charge in [0.05, 0.1) is 11.9 Å². The molecule has 3 rings (SSSR count). The molecule has 0 atom stereocenters. The van der Waals surface area contributed by atoms with Crippen molar-refractivity contribution in [2.24, 2.45) is 7.05 Å². The zero-order valence-corrected chi connectivity index (χ0v) is 12.4. The van der Waals surface area contributed by atoms with Crippen LogP contribution in [0.25, 0.3) is 11.3 Å². The fourth-order valence-electron chi connectivity index (χ4n) is 2.02. The van der Waals surface area contributed by atoms with Gasteiger partial charge >= 0.3 is 0 Å². The first-order valence-electron chi connectivity index (χ1n) is 6.31. The molecule has 0 spiro atoms. The molecular weight excluding hydrogens is 286 g/mol. The smallest absolute Gasteiger partial charge is 0.275 e. The SMILES string of the molecule is Cc1cnn(C)c1C(=O)Nc1nc(-c2ccncc2)cs1. The van der Waals surface area contributed by atoms with Crippen molar-refractivity contribution in [2.45, 2.75) is 6.92 Å². The molecule has 0 radical (unpaired) electrons. The van der Waals surface area contributed by atoms with Crippen molar-refractivity contribution in [1.29, 1.82) is 0 Å². The largest absolute Gasteiger partial charge is 0.296 e. The Bertz CT molecular complexity index is 758. The van der Waals surface area contributed by atoms with Gasteiger partial charge in [0.2, 0.25) is 0 Å². The van der Waals surface area contributed by atoms with Gasteiger partial charge < -0.3 is 0 Å². The molecule has 21 heavy (non-hydrogen) atoms. The molecule has 1 amide bonds. The minimum absolute atomic E-state index is 0.205. The minimum Gasteiger partial charge on any atom is -0.296 e. The highest BCUT2D eigenvalue weighted by molar-refractivity contribution is 7.14. The highest BCUT2D eigenvalue weighted by atomic mass is 32.1. The normalized spacial score (nSPS) is 10.6. The second kappa shape index (κ2) is 5.45. The zero-order valence-electron chi connectivity index (χ0n) is 11.6. The second-order valence-corrected chi connectivity index (χ2v) is 5.39. The van der Waals surface area contributed by atoms with Crippen LogP contribution >= 0.6 is 11.3 Å². The number of rotatable bonds is 3. The fraction of sp³-hybridized carbons (Fsp3) is 0.143. The lowest BCUT2D eigenvalue weighted by atomic mass is 10.2. The number of anilines is 1. The molecule has 7 heteroatoms. The number of aryl methyl sites for hydroxylation is 2. The first-order valence-corrected chi connectivity index (χ1v) is 7.19. The molecule has 106 valence electrons. The molecule has 3 aromatic rings. The van der Waals surface area contributed by atoms with E-state index in [4.69, 9.17) is 0 Å². The number of hydrogen-bond acceptors (Lipinski definition) is 5. The van der Waals surface area contributed by atoms with E-state index in [0.717, 1.165) is 16.8 Å². The lowest BCUT2D eigenvalue weighted by Crippen LogP contribution is -2.17. The highest BCUT2D eigenvalue weighted by Gasteiger charge is 2.15. The van der Waals surface area contributed by atoms with Crippen molar-refractivity contribution in [3.63, 3.8) is 0 Å². The van der Waals surface area contributed by atoms with Gasteiger partial charge in [-0.25, -0.2) is 4.98 Å². The quantitative estimate of drug-likeness (QED) is 0.806. The maximum Gasteiger partial charge on any atom is 0.275 e. The van der Waals surface area contributed by atoms with Crippen LogP contribution in [-0.2, 0) is 7.05 Å². The molecule has 3 aromatic heterocycles. The predicted molar refractivity (Wildman–Crippen MR) is 81.2 cm³/mol. The summed E-state index contributed by atoms with van der Waals surface area (Å²) >= 11 is 1.39. The van der Waals surface area contributed by atoms with Gasteiger partial charge in [0.15, 0.2) is 5.13 Å². The van der Waals surface area contributed by atoms with Crippen LogP contribution in [0, 0.1) is 6.92 Å². The lowest BCUT2D eigenvalue weighted by molar-refractivity contribution is 0.101. The number of amides is 1. The van der Waals surface area contributed by atoms with E-state index in [0.29, 0.717) is 10.8 Å². The number of aromatic nitrogens is 4. The Hall–Kier alpha value is -2.54. The predicted octanol–water partition coefficient (Wildman–Crippen LogP) is 2.50. The first kappa shape index (κ1) is 13.4. The van der Waals surface area contributed by atoms with Crippen LogP contribution in [0.3, 0.4) is 0 Å². The van der Waals surface area contributed by atoms with Gasteiger partial charge in [-0.15, -0.1) is 11.3 Å². The zero-order chi connectivity index (χ0) is 14.8. The van der Waals surface area contributed by atoms with Crippen LogP contribution in [0.4, 0.5) is 5.13 Å². The topological polar surface area (TPSA) is 72.7 Å². The lowest BCUT2D eigenvalue weighted by Gasteiger charge is -2.03. The fourth-order valence-corrected chi connectivity index (χ4v) is 2.73. The summed E-state index contributed by atoms with van der Waals surface area (Å²) < 4.78 is 1.56. The van der Waals surface area contributed by atoms with Gasteiger partial charge in [-0.3, -0.25) is 19.8 Å². The third-order valence-electron chi connectivity index (χ3n) is 3.04. The van der Waals surface area contributed by atoms with Gasteiger partial charge in [-0.2, -0.15) is 5.10 Å². The van der Waals surface area contributed by atoms with E-state index in [1.54, 1.807) is 30.3 Å². The molecule has 3 heterocycles. The summed E-state index contributed by atoms with van der Waals surface area (Å²) in [5.41, 5.74) is 3.16. The molecule has 0 aliphatic rings. The summed E-state index contributed by atoms with van der Waals surface area (Å²) in [7, 11) is 1.74. The summed E-state index contributed by atoms with van der Waals surface area (Å²) in [6, 6.07) is 3.76. The van der Waals surface area contributed by atoms with E-state index in [-0.39, 0.29) is 5.91 Å². The van der Waals surface area contributed by atoms with Gasteiger partial charge in [0, 0.05) is 30.4 Å². The molecule has 0 aliphatic heterocycles. The van der Waals surface area contributed by atoms with Gasteiger partial charge in [0.1, 0.15) is 5.69 Å². The summed E-state index contributed by atoms with van der Waals surface area (Å²) in [6.45, 7) is 1.85. The van der Waals surface area contributed by atoms with Crippen LogP contribution in [0.15, 0.2) is 36.1 Å². The van der Waals surface area contributed by atoms with Crippen molar-refractivity contribution in [3.05, 3.63) is 47.4 Å². The van der Waals surface area contributed by atoms with E-state index in [1.165, 1.54) is 11.3 Å². The number of thiazole rings is 1. The molecule has 0 saturated carbocycles. The number of nitrogens with one attached hydrogen (secondary N) is 1. The van der Waals surface area contributed by atoms with Crippen LogP contribution in [0.1, 0.15) is 16.1 Å². The molecule has 1 N–H and O–H groups in total. The van der Waals surface area contributed by atoms with Crippen molar-refractivity contribution in [2.75, 3.05) is 5.32 Å². The average Bonchev–Trinajstić information content (AvgIpc) is 3.07. The highest BCUT2D eigenvalue weighted by Crippen LogP contribution is 2.24. The standard InChI is InChI=1S/C14H13N5OS/c1-9-7-16-19(2)12(9)13(20)18-14-17-11(8-21-14)10-3-5-15-6-4-10/h3-8H,1-2H3,(H,17,18,20). The summed E-state index contributed by atoms with van der Waals surface area (Å²) in [4.78, 5) is 20.6. The van der Waals surface area contributed by atoms with E-state index in [9.17, 15) is 4.79 Å². The van der Waals surface area contributed by atoms with E-state index >= 15 is 0 Å². The van der Waals surface area contributed by atoms with Gasteiger partial charge in [-0.05, 0) is 24.6 Å². The average molecular weight is 299 g/mol. The molecule has 0 unspecified atom stereocenters. The number of carbonyl (C=O) groups is 1. The van der Waals surface area contributed by atoms with Crippen molar-refractivity contribution >= 4 is 22.4 Å². The molecule has 6 nitrogen and oxygen atoms in total. The second-order valence-electron chi connectivity index (χ2n) is 4.53. The van der Waals surface area contributed by atoms with Gasteiger partial charge in [0.25, 0.3) is 5.91 Å². The van der Waals surface area contributed by atoms with E-state index in [2.05, 4.69) is 20.4 Å². The third-order valence-corrected chi connectivity index (χ3v) is 3.80. The van der Waals surface area contributed by atoms with Crippen LogP contribution in [-0.4, -0.2) is 25.7 Å². The monoisotopic (exact) mass is 299 g/mol. The van der Waals surface area contributed by atoms with Crippen LogP contribution in [0.2, 0.25) is 0 Å². The number of pyridine rings is 1. The Labute approximate surface area is 125 Å². The van der Waals surface area contributed by atoms with Crippen molar-refractivity contribution in [1.82, 2.24) is 19.7 Å². The van der Waals surface area contributed by atoms with Crippen LogP contribution < -0.4 is 5.32 Å². The molecule has 0 fully saturated rings. The number of carbonyl (C=O) groups excluding carboxylic acids is 1. The Morgan fingerprint density at radius 1 is 1.33 bits per heavy atom. The summed E-state index contributed by atoms with van der Waals surface area (Å²) in [5.74, 6) is -0.205. The van der Waals surface area contributed by atoms with Gasteiger partial charge in [-0.1, -0.05) is 0 Å². The molecule has 0 saturated heterocycles. The van der Waals surface area contributed by atoms with E-state index < -0.39 is 0 Å². The molecule has 0 aliphatic carbocycles. The Morgan fingerprint density at radius 2 is 2.10 bits per heavy atom. The van der Waals surface area contributed by atoms with E-state index in [1.807, 2.05) is 24.4 Å². The molecular formula is C14H13N5OS. The minimum atomic E-state index is -0.205. The Morgan fingerprint density at radius 3 is 2.76 bits per heavy atom. The Balaban J connectivity index is 1.81. The van der Waals surface area contributed by atoms with Crippen molar-refractivity contribution in [3.8, 4) is 11.3 Å². The Kier molecular flexibility index (Phi) is 3.49. The first-order chi connectivity index (χ1) is 10.1. The maximum absolute atomic E-state index is 12.2. The third kappa shape index (κ3) is 2.68. The molecule has 0 aromatic carbocycles. The van der Waals surface area contributed by atoms with Crippen molar-refractivity contribution < 1.29 is 4.79 Å². The number of nitrogens with zero attached hydrogens (tertiary/aromatic N) is 4. The van der Waals surface area contributed by atoms with Crippen LogP contribution in [0.5, 0.6) is 0 Å². The summed E-state index contributed by atoms with van der Waals surface area (Å²) in [6.07, 6.45) is 5.09. The maximum atomic E-state index is 12.2. The molecule has 0 bridgehead atoms.